The molecule has 102 valence electrons. The molecule has 1 aromatic heterocycles. The maximum Gasteiger partial charge on any atom is 0.136 e. The van der Waals surface area contributed by atoms with Gasteiger partial charge in [-0.05, 0) is 38.7 Å². The fourth-order valence-electron chi connectivity index (χ4n) is 2.32. The van der Waals surface area contributed by atoms with Crippen LogP contribution >= 0.6 is 0 Å². The lowest BCUT2D eigenvalue weighted by Crippen LogP contribution is -2.46. The third kappa shape index (κ3) is 2.60. The van der Waals surface area contributed by atoms with Gasteiger partial charge in [-0.3, -0.25) is 0 Å². The second kappa shape index (κ2) is 4.58. The third-order valence-corrected chi connectivity index (χ3v) is 5.21. The first kappa shape index (κ1) is 14.0. The Morgan fingerprint density at radius 2 is 2.11 bits per heavy atom. The van der Waals surface area contributed by atoms with E-state index in [1.165, 1.54) is 5.56 Å². The van der Waals surface area contributed by atoms with Gasteiger partial charge in [0.05, 0.1) is 12.3 Å². The van der Waals surface area contributed by atoms with Gasteiger partial charge in [-0.15, -0.1) is 4.72 Å². The van der Waals surface area contributed by atoms with Crippen LogP contribution in [0.15, 0.2) is 16.7 Å². The maximum atomic E-state index is 12.3. The summed E-state index contributed by atoms with van der Waals surface area (Å²) in [5.41, 5.74) is 1.27. The van der Waals surface area contributed by atoms with Gasteiger partial charge in [-0.25, -0.2) is 0 Å². The van der Waals surface area contributed by atoms with Crippen molar-refractivity contribution in [2.45, 2.75) is 58.2 Å². The summed E-state index contributed by atoms with van der Waals surface area (Å²) in [4.78, 5) is 0. The second-order valence-corrected chi connectivity index (χ2v) is 8.72. The predicted octanol–water partition coefficient (Wildman–Crippen LogP) is 3.34. The van der Waals surface area contributed by atoms with E-state index in [4.69, 9.17) is 4.42 Å². The topological polar surface area (TPSA) is 48.2 Å². The molecule has 0 saturated heterocycles. The first-order valence-corrected chi connectivity index (χ1v) is 7.61. The molecule has 0 amide bonds. The average molecular weight is 269 g/mol. The molecule has 4 heteroatoms. The van der Waals surface area contributed by atoms with Gasteiger partial charge in [0.2, 0.25) is 0 Å². The van der Waals surface area contributed by atoms with Crippen molar-refractivity contribution in [2.24, 2.45) is 5.41 Å². The molecule has 2 atom stereocenters. The molecule has 0 aromatic carbocycles. The third-order valence-electron chi connectivity index (χ3n) is 3.65. The summed E-state index contributed by atoms with van der Waals surface area (Å²) >= 11 is -1.06. The number of aryl methyl sites for hydroxylation is 1. The minimum atomic E-state index is -1.06. The molecule has 0 saturated carbocycles. The average Bonchev–Trinajstić information content (AvgIpc) is 2.68. The summed E-state index contributed by atoms with van der Waals surface area (Å²) in [6.07, 6.45) is 3.75. The smallest absolute Gasteiger partial charge is 0.136 e. The Bertz CT molecular complexity index is 420. The van der Waals surface area contributed by atoms with Crippen LogP contribution in [0, 0.1) is 5.41 Å². The molecule has 0 aliphatic heterocycles. The molecule has 0 fully saturated rings. The Labute approximate surface area is 113 Å². The van der Waals surface area contributed by atoms with Crippen LogP contribution in [-0.4, -0.2) is 9.30 Å². The molecule has 2 rings (SSSR count). The minimum Gasteiger partial charge on any atom is -0.598 e. The zero-order valence-corrected chi connectivity index (χ0v) is 12.7. The van der Waals surface area contributed by atoms with E-state index in [9.17, 15) is 4.55 Å². The molecule has 1 N–H and O–H groups in total. The fourth-order valence-corrected chi connectivity index (χ4v) is 3.33. The highest BCUT2D eigenvalue weighted by Crippen LogP contribution is 2.44. The molecular formula is C14H23NO2S. The molecule has 0 radical (unpaired) electrons. The van der Waals surface area contributed by atoms with Crippen LogP contribution in [0.2, 0.25) is 0 Å². The Kier molecular flexibility index (Phi) is 3.56. The fraction of sp³-hybridized carbons (Fsp3) is 0.714. The summed E-state index contributed by atoms with van der Waals surface area (Å²) < 4.78 is 20.9. The number of rotatable bonds is 2. The minimum absolute atomic E-state index is 0.0950. The highest BCUT2D eigenvalue weighted by molar-refractivity contribution is 7.90. The van der Waals surface area contributed by atoms with E-state index < -0.39 is 11.4 Å². The van der Waals surface area contributed by atoms with Gasteiger partial charge in [0.15, 0.2) is 0 Å². The Hall–Kier alpha value is -0.450. The first-order chi connectivity index (χ1) is 8.22. The second-order valence-electron chi connectivity index (χ2n) is 6.72. The molecule has 3 nitrogen and oxygen atoms in total. The standard InChI is InChI=1S/C14H23NO2S/c1-13(2,3)18(16)15-12-10-7-9-17-11(10)6-8-14(12,4)5/h7,9,12,15H,6,8H2,1-5H3/t12?,18-/m0/s1. The van der Waals surface area contributed by atoms with Gasteiger partial charge in [0.25, 0.3) is 0 Å². The summed E-state index contributed by atoms with van der Waals surface area (Å²) in [5, 5.41) is 0. The molecule has 1 heterocycles. The van der Waals surface area contributed by atoms with Gasteiger partial charge in [0.1, 0.15) is 10.5 Å². The lowest BCUT2D eigenvalue weighted by Gasteiger charge is -2.39. The maximum absolute atomic E-state index is 12.3. The van der Waals surface area contributed by atoms with E-state index >= 15 is 0 Å². The Morgan fingerprint density at radius 3 is 2.72 bits per heavy atom. The van der Waals surface area contributed by atoms with Crippen LogP contribution in [0.3, 0.4) is 0 Å². The first-order valence-electron chi connectivity index (χ1n) is 6.46. The van der Waals surface area contributed by atoms with E-state index in [1.54, 1.807) is 6.26 Å². The van der Waals surface area contributed by atoms with E-state index in [1.807, 2.05) is 26.8 Å². The van der Waals surface area contributed by atoms with Crippen molar-refractivity contribution in [3.63, 3.8) is 0 Å². The SMILES string of the molecule is CC1(C)CCc2occc2C1N[S@@+]([O-])C(C)(C)C. The molecule has 1 aliphatic rings. The van der Waals surface area contributed by atoms with E-state index in [2.05, 4.69) is 18.6 Å². The van der Waals surface area contributed by atoms with Crippen LogP contribution in [-0.2, 0) is 17.8 Å². The molecule has 1 unspecified atom stereocenters. The van der Waals surface area contributed by atoms with Crippen molar-refractivity contribution in [1.82, 2.24) is 4.72 Å². The van der Waals surface area contributed by atoms with Crippen molar-refractivity contribution < 1.29 is 8.97 Å². The normalized spacial score (nSPS) is 24.7. The summed E-state index contributed by atoms with van der Waals surface area (Å²) in [6, 6.07) is 2.10. The Morgan fingerprint density at radius 1 is 1.44 bits per heavy atom. The van der Waals surface area contributed by atoms with Gasteiger partial charge in [0, 0.05) is 23.3 Å². The van der Waals surface area contributed by atoms with E-state index in [-0.39, 0.29) is 16.2 Å². The van der Waals surface area contributed by atoms with Crippen molar-refractivity contribution in [3.8, 4) is 0 Å². The van der Waals surface area contributed by atoms with Crippen molar-refractivity contribution in [1.29, 1.82) is 0 Å². The largest absolute Gasteiger partial charge is 0.598 e. The van der Waals surface area contributed by atoms with Crippen molar-refractivity contribution in [3.05, 3.63) is 23.7 Å². The van der Waals surface area contributed by atoms with Gasteiger partial charge in [-0.2, -0.15) is 0 Å². The van der Waals surface area contributed by atoms with Crippen molar-refractivity contribution in [2.75, 3.05) is 0 Å². The molecule has 18 heavy (non-hydrogen) atoms. The van der Waals surface area contributed by atoms with Crippen LogP contribution in [0.5, 0.6) is 0 Å². The van der Waals surface area contributed by atoms with Crippen LogP contribution < -0.4 is 4.72 Å². The number of fused-ring (bicyclic) bond motifs is 1. The highest BCUT2D eigenvalue weighted by Gasteiger charge is 2.42. The number of nitrogens with one attached hydrogen (secondary N) is 1. The highest BCUT2D eigenvalue weighted by atomic mass is 32.2. The lowest BCUT2D eigenvalue weighted by molar-refractivity contribution is 0.220. The zero-order chi connectivity index (χ0) is 13.6. The van der Waals surface area contributed by atoms with Crippen molar-refractivity contribution >= 4 is 11.4 Å². The molecule has 0 spiro atoms. The summed E-state index contributed by atoms with van der Waals surface area (Å²) in [6.45, 7) is 10.4. The molecular weight excluding hydrogens is 246 g/mol. The monoisotopic (exact) mass is 269 g/mol. The zero-order valence-electron chi connectivity index (χ0n) is 11.9. The van der Waals surface area contributed by atoms with Gasteiger partial charge in [-0.1, -0.05) is 13.8 Å². The number of furan rings is 1. The molecule has 1 aliphatic carbocycles. The quantitative estimate of drug-likeness (QED) is 0.838. The van der Waals surface area contributed by atoms with E-state index in [0.717, 1.165) is 18.6 Å². The van der Waals surface area contributed by atoms with Gasteiger partial charge < -0.3 is 8.97 Å². The number of hydrogen-bond donors (Lipinski definition) is 1. The summed E-state index contributed by atoms with van der Waals surface area (Å²) in [7, 11) is 0. The molecule has 0 bridgehead atoms. The van der Waals surface area contributed by atoms with Crippen LogP contribution in [0.4, 0.5) is 0 Å². The summed E-state index contributed by atoms with van der Waals surface area (Å²) in [5.74, 6) is 1.04. The predicted molar refractivity (Wildman–Crippen MR) is 74.6 cm³/mol. The lowest BCUT2D eigenvalue weighted by atomic mass is 9.73. The molecule has 1 aromatic rings. The van der Waals surface area contributed by atoms with Crippen LogP contribution in [0.1, 0.15) is 58.4 Å². The van der Waals surface area contributed by atoms with Crippen LogP contribution in [0.25, 0.3) is 0 Å². The van der Waals surface area contributed by atoms with Gasteiger partial charge >= 0.3 is 0 Å². The Balaban J connectivity index is 2.25. The number of hydrogen-bond acceptors (Lipinski definition) is 3. The van der Waals surface area contributed by atoms with E-state index in [0.29, 0.717) is 0 Å².